The number of rotatable bonds is 2. The smallest absolute Gasteiger partial charge is 0.176 e. The normalized spacial score (nSPS) is 15.8. The summed E-state index contributed by atoms with van der Waals surface area (Å²) in [5, 5.41) is 13.1. The van der Waals surface area contributed by atoms with Crippen molar-refractivity contribution in [2.24, 2.45) is 0 Å². The Morgan fingerprint density at radius 1 is 1.05 bits per heavy atom. The summed E-state index contributed by atoms with van der Waals surface area (Å²) in [6.07, 6.45) is 0. The van der Waals surface area contributed by atoms with E-state index in [1.54, 1.807) is 0 Å². The van der Waals surface area contributed by atoms with Crippen LogP contribution in [-0.4, -0.2) is 44.6 Å². The predicted molar refractivity (Wildman–Crippen MR) is 78.2 cm³/mol. The van der Waals surface area contributed by atoms with Gasteiger partial charge in [0.25, 0.3) is 0 Å². The largest absolute Gasteiger partial charge is 0.353 e. The van der Waals surface area contributed by atoms with Gasteiger partial charge in [-0.05, 0) is 32.0 Å². The molecule has 0 amide bonds. The van der Waals surface area contributed by atoms with Crippen molar-refractivity contribution >= 4 is 17.6 Å². The number of anilines is 1. The molecule has 0 spiro atoms. The first-order valence-electron chi connectivity index (χ1n) is 6.44. The van der Waals surface area contributed by atoms with Gasteiger partial charge in [-0.2, -0.15) is 16.9 Å². The minimum atomic E-state index is 0.778. The first-order valence-corrected chi connectivity index (χ1v) is 7.59. The van der Waals surface area contributed by atoms with Gasteiger partial charge in [0.2, 0.25) is 0 Å². The molecule has 0 bridgehead atoms. The zero-order chi connectivity index (χ0) is 13.2. The predicted octanol–water partition coefficient (Wildman–Crippen LogP) is 1.83. The van der Waals surface area contributed by atoms with Crippen LogP contribution in [0.3, 0.4) is 0 Å². The molecule has 1 fully saturated rings. The molecule has 5 nitrogen and oxygen atoms in total. The van der Waals surface area contributed by atoms with E-state index in [0.717, 1.165) is 36.1 Å². The molecule has 1 saturated heterocycles. The summed E-state index contributed by atoms with van der Waals surface area (Å²) in [5.74, 6) is 4.08. The highest BCUT2D eigenvalue weighted by Gasteiger charge is 2.13. The number of aryl methyl sites for hydroxylation is 2. The Labute approximate surface area is 117 Å². The highest BCUT2D eigenvalue weighted by atomic mass is 32.2. The Kier molecular flexibility index (Phi) is 3.42. The summed E-state index contributed by atoms with van der Waals surface area (Å²) in [6.45, 7) is 6.12. The van der Waals surface area contributed by atoms with Gasteiger partial charge in [-0.25, -0.2) is 4.68 Å². The molecule has 0 atom stereocenters. The molecule has 0 unspecified atom stereocenters. The molecule has 3 heterocycles. The molecule has 3 rings (SSSR count). The highest BCUT2D eigenvalue weighted by molar-refractivity contribution is 7.99. The molecule has 0 aliphatic carbocycles. The van der Waals surface area contributed by atoms with Crippen molar-refractivity contribution in [3.8, 4) is 5.82 Å². The minimum Gasteiger partial charge on any atom is -0.353 e. The van der Waals surface area contributed by atoms with Crippen molar-refractivity contribution in [3.63, 3.8) is 0 Å². The SMILES string of the molecule is Cc1cc(C)n(-c2ccc(N3CCSCC3)nn2)n1. The summed E-state index contributed by atoms with van der Waals surface area (Å²) in [4.78, 5) is 2.29. The number of hydrogen-bond donors (Lipinski definition) is 0. The second-order valence-electron chi connectivity index (χ2n) is 4.69. The van der Waals surface area contributed by atoms with E-state index in [9.17, 15) is 0 Å². The van der Waals surface area contributed by atoms with Gasteiger partial charge in [-0.3, -0.25) is 0 Å². The zero-order valence-corrected chi connectivity index (χ0v) is 12.0. The summed E-state index contributed by atoms with van der Waals surface area (Å²) in [5.41, 5.74) is 2.07. The molecule has 0 radical (unpaired) electrons. The highest BCUT2D eigenvalue weighted by Crippen LogP contribution is 2.17. The molecule has 19 heavy (non-hydrogen) atoms. The molecule has 0 saturated carbocycles. The fraction of sp³-hybridized carbons (Fsp3) is 0.462. The third-order valence-corrected chi connectivity index (χ3v) is 4.14. The standard InChI is InChI=1S/C13H17N5S/c1-10-9-11(2)18(16-10)13-4-3-12(14-15-13)17-5-7-19-8-6-17/h3-4,9H,5-8H2,1-2H3. The second-order valence-corrected chi connectivity index (χ2v) is 5.91. The molecule has 100 valence electrons. The quantitative estimate of drug-likeness (QED) is 0.837. The Morgan fingerprint density at radius 2 is 1.74 bits per heavy atom. The summed E-state index contributed by atoms with van der Waals surface area (Å²) < 4.78 is 1.83. The van der Waals surface area contributed by atoms with Crippen LogP contribution in [0.2, 0.25) is 0 Å². The molecule has 6 heteroatoms. The first kappa shape index (κ1) is 12.5. The third-order valence-electron chi connectivity index (χ3n) is 3.20. The van der Waals surface area contributed by atoms with Crippen LogP contribution in [0, 0.1) is 13.8 Å². The van der Waals surface area contributed by atoms with Crippen LogP contribution in [0.25, 0.3) is 5.82 Å². The van der Waals surface area contributed by atoms with Crippen molar-refractivity contribution in [1.82, 2.24) is 20.0 Å². The van der Waals surface area contributed by atoms with Crippen LogP contribution in [0.15, 0.2) is 18.2 Å². The number of aromatic nitrogens is 4. The number of nitrogens with zero attached hydrogens (tertiary/aromatic N) is 5. The van der Waals surface area contributed by atoms with E-state index < -0.39 is 0 Å². The lowest BCUT2D eigenvalue weighted by molar-refractivity contribution is 0.764. The van der Waals surface area contributed by atoms with Crippen molar-refractivity contribution in [1.29, 1.82) is 0 Å². The average Bonchev–Trinajstić information content (AvgIpc) is 2.79. The van der Waals surface area contributed by atoms with Crippen LogP contribution < -0.4 is 4.90 Å². The summed E-state index contributed by atoms with van der Waals surface area (Å²) >= 11 is 1.99. The molecule has 0 aromatic carbocycles. The van der Waals surface area contributed by atoms with Crippen molar-refractivity contribution in [2.75, 3.05) is 29.5 Å². The maximum absolute atomic E-state index is 4.42. The monoisotopic (exact) mass is 275 g/mol. The lowest BCUT2D eigenvalue weighted by Gasteiger charge is -2.26. The maximum Gasteiger partial charge on any atom is 0.176 e. The van der Waals surface area contributed by atoms with Crippen LogP contribution in [0.4, 0.5) is 5.82 Å². The van der Waals surface area contributed by atoms with Gasteiger partial charge in [0, 0.05) is 30.3 Å². The van der Waals surface area contributed by atoms with Crippen molar-refractivity contribution in [2.45, 2.75) is 13.8 Å². The van der Waals surface area contributed by atoms with Gasteiger partial charge in [0.05, 0.1) is 5.69 Å². The van der Waals surface area contributed by atoms with Crippen LogP contribution in [-0.2, 0) is 0 Å². The van der Waals surface area contributed by atoms with E-state index in [4.69, 9.17) is 0 Å². The third kappa shape index (κ3) is 2.58. The van der Waals surface area contributed by atoms with Gasteiger partial charge in [-0.15, -0.1) is 10.2 Å². The van der Waals surface area contributed by atoms with E-state index >= 15 is 0 Å². The van der Waals surface area contributed by atoms with Gasteiger partial charge in [0.15, 0.2) is 11.6 Å². The van der Waals surface area contributed by atoms with Gasteiger partial charge >= 0.3 is 0 Å². The van der Waals surface area contributed by atoms with Crippen LogP contribution in [0.5, 0.6) is 0 Å². The molecular formula is C13H17N5S. The van der Waals surface area contributed by atoms with Crippen molar-refractivity contribution < 1.29 is 0 Å². The molecule has 0 N–H and O–H groups in total. The maximum atomic E-state index is 4.42. The lowest BCUT2D eigenvalue weighted by Crippen LogP contribution is -2.33. The fourth-order valence-corrected chi connectivity index (χ4v) is 3.16. The molecule has 1 aliphatic rings. The Hall–Kier alpha value is -1.56. The van der Waals surface area contributed by atoms with E-state index in [1.165, 1.54) is 11.5 Å². The zero-order valence-electron chi connectivity index (χ0n) is 11.2. The Bertz CT molecular complexity index is 557. The average molecular weight is 275 g/mol. The topological polar surface area (TPSA) is 46.8 Å². The molecule has 1 aliphatic heterocycles. The van der Waals surface area contributed by atoms with E-state index in [0.29, 0.717) is 0 Å². The number of hydrogen-bond acceptors (Lipinski definition) is 5. The Morgan fingerprint density at radius 3 is 2.32 bits per heavy atom. The Balaban J connectivity index is 1.84. The van der Waals surface area contributed by atoms with E-state index in [2.05, 4.69) is 20.2 Å². The summed E-state index contributed by atoms with van der Waals surface area (Å²) in [7, 11) is 0. The van der Waals surface area contributed by atoms with Gasteiger partial charge < -0.3 is 4.90 Å². The lowest BCUT2D eigenvalue weighted by atomic mass is 10.4. The molecule has 2 aromatic rings. The minimum absolute atomic E-state index is 0.778. The van der Waals surface area contributed by atoms with Gasteiger partial charge in [0.1, 0.15) is 0 Å². The van der Waals surface area contributed by atoms with Crippen LogP contribution >= 0.6 is 11.8 Å². The van der Waals surface area contributed by atoms with E-state index in [1.807, 2.05) is 48.5 Å². The van der Waals surface area contributed by atoms with Crippen molar-refractivity contribution in [3.05, 3.63) is 29.6 Å². The van der Waals surface area contributed by atoms with E-state index in [-0.39, 0.29) is 0 Å². The molecular weight excluding hydrogens is 258 g/mol. The molecule has 2 aromatic heterocycles. The first-order chi connectivity index (χ1) is 9.24. The fourth-order valence-electron chi connectivity index (χ4n) is 2.25. The van der Waals surface area contributed by atoms with Crippen LogP contribution in [0.1, 0.15) is 11.4 Å². The van der Waals surface area contributed by atoms with Gasteiger partial charge in [-0.1, -0.05) is 0 Å². The number of thioether (sulfide) groups is 1. The second kappa shape index (κ2) is 5.21. The summed E-state index contributed by atoms with van der Waals surface area (Å²) in [6, 6.07) is 6.07.